The van der Waals surface area contributed by atoms with Crippen molar-refractivity contribution in [1.82, 2.24) is 0 Å². The van der Waals surface area contributed by atoms with Gasteiger partial charge >= 0.3 is 5.51 Å². The predicted octanol–water partition coefficient (Wildman–Crippen LogP) is 4.70. The molecule has 0 aliphatic rings. The van der Waals surface area contributed by atoms with Crippen molar-refractivity contribution in [3.05, 3.63) is 0 Å². The Hall–Kier alpha value is 0.130. The van der Waals surface area contributed by atoms with Crippen LogP contribution in [0.25, 0.3) is 0 Å². The van der Waals surface area contributed by atoms with Gasteiger partial charge in [-0.2, -0.15) is 13.2 Å². The maximum Gasteiger partial charge on any atom is 0.485 e. The van der Waals surface area contributed by atoms with Crippen LogP contribution in [-0.2, 0) is 10.1 Å². The Bertz CT molecular complexity index is 344. The Morgan fingerprint density at radius 3 is 1.52 bits per heavy atom. The van der Waals surface area contributed by atoms with Crippen molar-refractivity contribution in [3.8, 4) is 0 Å². The van der Waals surface area contributed by atoms with Gasteiger partial charge in [0.25, 0.3) is 0 Å². The van der Waals surface area contributed by atoms with Gasteiger partial charge in [-0.05, 0) is 33.6 Å². The molecule has 0 spiro atoms. The quantitative estimate of drug-likeness (QED) is 0.275. The lowest BCUT2D eigenvalue weighted by atomic mass is 10.2. The van der Waals surface area contributed by atoms with Gasteiger partial charge in [-0.3, -0.25) is 0 Å². The van der Waals surface area contributed by atoms with E-state index in [9.17, 15) is 13.2 Å². The first-order chi connectivity index (χ1) is 9.49. The average Bonchev–Trinajstić information content (AvgIpc) is 2.38. The van der Waals surface area contributed by atoms with E-state index in [0.717, 1.165) is 0 Å². The van der Waals surface area contributed by atoms with Gasteiger partial charge in [0.05, 0.1) is 24.6 Å². The summed E-state index contributed by atoms with van der Waals surface area (Å²) in [6, 6.07) is 0. The van der Waals surface area contributed by atoms with Gasteiger partial charge in [-0.15, -0.1) is 0 Å². The second kappa shape index (κ2) is 10.8. The number of alkyl halides is 3. The Morgan fingerprint density at radius 1 is 0.905 bits per heavy atom. The minimum atomic E-state index is -6.09. The maximum atomic E-state index is 10.7. The third kappa shape index (κ3) is 10.5. The van der Waals surface area contributed by atoms with Crippen LogP contribution in [0.2, 0.25) is 0 Å². The van der Waals surface area contributed by atoms with Gasteiger partial charge in [-0.1, -0.05) is 19.8 Å². The zero-order valence-electron chi connectivity index (χ0n) is 13.4. The van der Waals surface area contributed by atoms with Crippen LogP contribution in [0.1, 0.15) is 53.4 Å². The average molecular weight is 352 g/mol. The molecule has 0 aromatic heterocycles. The van der Waals surface area contributed by atoms with Crippen LogP contribution < -0.4 is 0 Å². The highest BCUT2D eigenvalue weighted by atomic mass is 32.2. The Labute approximate surface area is 127 Å². The summed E-state index contributed by atoms with van der Waals surface area (Å²) < 4.78 is 58.9. The van der Waals surface area contributed by atoms with Crippen LogP contribution in [-0.4, -0.2) is 43.1 Å². The number of hydrogen-bond acceptors (Lipinski definition) is 3. The minimum absolute atomic E-state index is 0.479. The molecule has 0 N–H and O–H groups in total. The second-order valence-corrected chi connectivity index (χ2v) is 11.4. The third-order valence-corrected chi connectivity index (χ3v) is 9.64. The number of hydrogen-bond donors (Lipinski definition) is 0. The van der Waals surface area contributed by atoms with Crippen LogP contribution in [0.5, 0.6) is 0 Å². The molecule has 0 unspecified atom stereocenters. The first-order valence-electron chi connectivity index (χ1n) is 7.36. The van der Waals surface area contributed by atoms with Crippen LogP contribution in [0, 0.1) is 0 Å². The smallest absolute Gasteiger partial charge is 0.485 e. The lowest BCUT2D eigenvalue weighted by Gasteiger charge is -2.23. The van der Waals surface area contributed by atoms with Crippen molar-refractivity contribution in [2.24, 2.45) is 0 Å². The lowest BCUT2D eigenvalue weighted by molar-refractivity contribution is -0.0517. The Kier molecular flexibility index (Phi) is 12.0. The zero-order valence-corrected chi connectivity index (χ0v) is 15.1. The summed E-state index contributed by atoms with van der Waals surface area (Å²) in [6.07, 6.45) is 11.8. The fourth-order valence-electron chi connectivity index (χ4n) is 2.02. The summed E-state index contributed by atoms with van der Waals surface area (Å²) in [5.74, 6) is 0. The molecule has 130 valence electrons. The van der Waals surface area contributed by atoms with Crippen molar-refractivity contribution in [2.75, 3.05) is 24.6 Å². The molecule has 3 nitrogen and oxygen atoms in total. The lowest BCUT2D eigenvalue weighted by Crippen LogP contribution is -2.21. The van der Waals surface area contributed by atoms with Crippen molar-refractivity contribution in [2.45, 2.75) is 58.9 Å². The van der Waals surface area contributed by atoms with Gasteiger partial charge in [0, 0.05) is 7.26 Å². The summed E-state index contributed by atoms with van der Waals surface area (Å²) in [6.45, 7) is 9.50. The van der Waals surface area contributed by atoms with Gasteiger partial charge in [0.1, 0.15) is 0 Å². The van der Waals surface area contributed by atoms with Crippen LogP contribution in [0.3, 0.4) is 0 Å². The highest BCUT2D eigenvalue weighted by Gasteiger charge is 2.36. The molecular weight excluding hydrogens is 324 g/mol. The van der Waals surface area contributed by atoms with E-state index in [1.165, 1.54) is 44.2 Å². The molecule has 0 heterocycles. The van der Waals surface area contributed by atoms with Gasteiger partial charge in [-0.25, -0.2) is 8.42 Å². The summed E-state index contributed by atoms with van der Waals surface area (Å²) in [7, 11) is -6.57. The van der Waals surface area contributed by atoms with E-state index in [1.54, 1.807) is 6.16 Å². The molecule has 0 rings (SSSR count). The Morgan fingerprint density at radius 2 is 1.29 bits per heavy atom. The fourth-order valence-corrected chi connectivity index (χ4v) is 5.20. The molecule has 0 aliphatic carbocycles. The van der Waals surface area contributed by atoms with Crippen molar-refractivity contribution in [1.29, 1.82) is 0 Å². The molecule has 21 heavy (non-hydrogen) atoms. The van der Waals surface area contributed by atoms with Crippen molar-refractivity contribution >= 4 is 17.4 Å². The van der Waals surface area contributed by atoms with Crippen molar-refractivity contribution in [3.63, 3.8) is 0 Å². The molecule has 0 bridgehead atoms. The molecule has 0 radical (unpaired) electrons. The van der Waals surface area contributed by atoms with Gasteiger partial charge in [0.15, 0.2) is 10.1 Å². The molecule has 8 heteroatoms. The molecule has 0 fully saturated rings. The minimum Gasteiger partial charge on any atom is -0.741 e. The van der Waals surface area contributed by atoms with Crippen LogP contribution >= 0.6 is 7.26 Å². The molecule has 0 saturated heterocycles. The predicted molar refractivity (Wildman–Crippen MR) is 83.3 cm³/mol. The Balaban J connectivity index is 0. The highest BCUT2D eigenvalue weighted by molar-refractivity contribution is 7.86. The van der Waals surface area contributed by atoms with E-state index in [1.807, 2.05) is 0 Å². The molecule has 0 aliphatic heterocycles. The summed E-state index contributed by atoms with van der Waals surface area (Å²) in [4.78, 5) is 0. The van der Waals surface area contributed by atoms with E-state index in [0.29, 0.717) is 0 Å². The third-order valence-electron chi connectivity index (χ3n) is 3.78. The van der Waals surface area contributed by atoms with Crippen LogP contribution in [0.4, 0.5) is 13.2 Å². The van der Waals surface area contributed by atoms with E-state index in [4.69, 9.17) is 13.0 Å². The zero-order chi connectivity index (χ0) is 17.2. The molecule has 0 amide bonds. The number of rotatable bonds is 8. The topological polar surface area (TPSA) is 57.2 Å². The normalized spacial score (nSPS) is 12.8. The number of unbranched alkanes of at least 4 members (excludes halogenated alkanes) is 3. The summed E-state index contributed by atoms with van der Waals surface area (Å²) in [5.41, 5.74) is -5.65. The van der Waals surface area contributed by atoms with Gasteiger partial charge < -0.3 is 4.55 Å². The molecule has 0 saturated carbocycles. The largest absolute Gasteiger partial charge is 0.741 e. The first kappa shape index (κ1) is 23.4. The molecule has 0 atom stereocenters. The fraction of sp³-hybridized carbons (Fsp3) is 1.00. The summed E-state index contributed by atoms with van der Waals surface area (Å²) in [5, 5.41) is 0. The monoisotopic (exact) mass is 352 g/mol. The first-order valence-corrected chi connectivity index (χ1v) is 11.3. The highest BCUT2D eigenvalue weighted by Crippen LogP contribution is 2.58. The van der Waals surface area contributed by atoms with E-state index in [-0.39, 0.29) is 0 Å². The standard InChI is InChI=1S/C12H28P.CHF3O3S/c1-5-9-10-11-12-13(6-2,7-3)8-4;2-1(3,4)8(5,6)7/h5-12H2,1-4H3;(H,5,6,7)/q+1;/p-1. The number of halogens is 3. The SMILES string of the molecule is CCCCCC[P+](CC)(CC)CC.O=S(=O)([O-])C(F)(F)F. The van der Waals surface area contributed by atoms with E-state index >= 15 is 0 Å². The molecule has 0 aromatic rings. The molecular formula is C13H28F3O3PS. The van der Waals surface area contributed by atoms with Gasteiger partial charge in [0.2, 0.25) is 0 Å². The summed E-state index contributed by atoms with van der Waals surface area (Å²) >= 11 is 0. The molecule has 0 aromatic carbocycles. The van der Waals surface area contributed by atoms with E-state index in [2.05, 4.69) is 27.7 Å². The van der Waals surface area contributed by atoms with Crippen LogP contribution in [0.15, 0.2) is 0 Å². The second-order valence-electron chi connectivity index (χ2n) is 4.97. The maximum absolute atomic E-state index is 10.7. The van der Waals surface area contributed by atoms with Crippen molar-refractivity contribution < 1.29 is 26.1 Å². The van der Waals surface area contributed by atoms with E-state index < -0.39 is 22.9 Å².